The van der Waals surface area contributed by atoms with Gasteiger partial charge in [0.25, 0.3) is 0 Å². The lowest BCUT2D eigenvalue weighted by molar-refractivity contribution is 1.10. The van der Waals surface area contributed by atoms with E-state index in [0.717, 1.165) is 12.0 Å². The smallest absolute Gasteiger partial charge is 0.0298 e. The molecule has 0 rings (SSSR count). The van der Waals surface area contributed by atoms with E-state index in [1.54, 1.807) is 6.21 Å². The van der Waals surface area contributed by atoms with Crippen LogP contribution in [0.1, 0.15) is 27.2 Å². The van der Waals surface area contributed by atoms with Crippen LogP contribution in [0.25, 0.3) is 0 Å². The van der Waals surface area contributed by atoms with E-state index in [-0.39, 0.29) is 0 Å². The standard InChI is InChI=1S/C9H15N/c1-5-9(8(3)4)7-10-6-2/h6-7H,3,5H2,1-2,4H3/b9-7-,10-6?. The van der Waals surface area contributed by atoms with Crippen LogP contribution < -0.4 is 0 Å². The van der Waals surface area contributed by atoms with Gasteiger partial charge in [-0.05, 0) is 25.8 Å². The molecule has 0 bridgehead atoms. The minimum absolute atomic E-state index is 1.01. The summed E-state index contributed by atoms with van der Waals surface area (Å²) in [5.74, 6) is 0. The van der Waals surface area contributed by atoms with Gasteiger partial charge in [-0.3, -0.25) is 4.99 Å². The molecule has 1 nitrogen and oxygen atoms in total. The van der Waals surface area contributed by atoms with E-state index < -0.39 is 0 Å². The predicted octanol–water partition coefficient (Wildman–Crippen LogP) is 2.95. The summed E-state index contributed by atoms with van der Waals surface area (Å²) in [6.07, 6.45) is 4.65. The summed E-state index contributed by atoms with van der Waals surface area (Å²) >= 11 is 0. The van der Waals surface area contributed by atoms with Crippen LogP contribution in [0.15, 0.2) is 28.9 Å². The highest BCUT2D eigenvalue weighted by Gasteiger charge is 1.90. The Labute approximate surface area is 63.2 Å². The first-order chi connectivity index (χ1) is 4.72. The second-order valence-corrected chi connectivity index (χ2v) is 2.20. The van der Waals surface area contributed by atoms with E-state index in [0.29, 0.717) is 0 Å². The Kier molecular flexibility index (Phi) is 4.55. The minimum Gasteiger partial charge on any atom is -0.269 e. The van der Waals surface area contributed by atoms with Crippen LogP contribution in [0.5, 0.6) is 0 Å². The minimum atomic E-state index is 1.01. The maximum Gasteiger partial charge on any atom is 0.0298 e. The van der Waals surface area contributed by atoms with Crippen molar-refractivity contribution in [1.82, 2.24) is 0 Å². The Balaban J connectivity index is 4.18. The van der Waals surface area contributed by atoms with Crippen LogP contribution in [-0.4, -0.2) is 6.21 Å². The van der Waals surface area contributed by atoms with Gasteiger partial charge in [0.15, 0.2) is 0 Å². The molecular weight excluding hydrogens is 122 g/mol. The fraction of sp³-hybridized carbons (Fsp3) is 0.444. The number of hydrogen-bond acceptors (Lipinski definition) is 1. The zero-order valence-corrected chi connectivity index (χ0v) is 7.02. The third-order valence-electron chi connectivity index (χ3n) is 1.31. The third kappa shape index (κ3) is 3.23. The number of aliphatic imine (C=N–C) groups is 1. The van der Waals surface area contributed by atoms with Crippen LogP contribution in [0.4, 0.5) is 0 Å². The summed E-state index contributed by atoms with van der Waals surface area (Å²) in [7, 11) is 0. The average molecular weight is 137 g/mol. The lowest BCUT2D eigenvalue weighted by atomic mass is 10.1. The number of nitrogens with zero attached hydrogens (tertiary/aromatic N) is 1. The quantitative estimate of drug-likeness (QED) is 0.419. The zero-order valence-electron chi connectivity index (χ0n) is 7.02. The van der Waals surface area contributed by atoms with Crippen molar-refractivity contribution in [2.75, 3.05) is 0 Å². The molecule has 0 aromatic rings. The second-order valence-electron chi connectivity index (χ2n) is 2.20. The molecule has 0 aliphatic rings. The Hall–Kier alpha value is -0.850. The fourth-order valence-electron chi connectivity index (χ4n) is 0.668. The molecule has 0 saturated carbocycles. The van der Waals surface area contributed by atoms with Gasteiger partial charge in [-0.1, -0.05) is 19.1 Å². The molecular formula is C9H15N. The van der Waals surface area contributed by atoms with Crippen LogP contribution in [0, 0.1) is 0 Å². The molecule has 56 valence electrons. The van der Waals surface area contributed by atoms with Crippen molar-refractivity contribution in [3.8, 4) is 0 Å². The van der Waals surface area contributed by atoms with Gasteiger partial charge in [0.1, 0.15) is 0 Å². The first kappa shape index (κ1) is 9.15. The second kappa shape index (κ2) is 4.98. The summed E-state index contributed by atoms with van der Waals surface area (Å²) in [4.78, 5) is 4.02. The van der Waals surface area contributed by atoms with E-state index in [4.69, 9.17) is 0 Å². The molecule has 0 aliphatic heterocycles. The lowest BCUT2D eigenvalue weighted by Crippen LogP contribution is -1.79. The van der Waals surface area contributed by atoms with Crippen LogP contribution in [-0.2, 0) is 0 Å². The molecule has 0 saturated heterocycles. The summed E-state index contributed by atoms with van der Waals surface area (Å²) in [5, 5.41) is 0. The highest BCUT2D eigenvalue weighted by atomic mass is 14.7. The Morgan fingerprint density at radius 2 is 2.20 bits per heavy atom. The number of hydrogen-bond donors (Lipinski definition) is 0. The molecule has 0 radical (unpaired) electrons. The normalized spacial score (nSPS) is 12.5. The number of rotatable bonds is 3. The Morgan fingerprint density at radius 1 is 1.60 bits per heavy atom. The van der Waals surface area contributed by atoms with Gasteiger partial charge in [-0.15, -0.1) is 0 Å². The first-order valence-electron chi connectivity index (χ1n) is 3.55. The number of allylic oxidation sites excluding steroid dienone is 2. The van der Waals surface area contributed by atoms with Gasteiger partial charge < -0.3 is 0 Å². The van der Waals surface area contributed by atoms with Crippen LogP contribution in [0.3, 0.4) is 0 Å². The van der Waals surface area contributed by atoms with Gasteiger partial charge >= 0.3 is 0 Å². The van der Waals surface area contributed by atoms with E-state index in [9.17, 15) is 0 Å². The topological polar surface area (TPSA) is 12.4 Å². The predicted molar refractivity (Wildman–Crippen MR) is 47.4 cm³/mol. The molecule has 0 aliphatic carbocycles. The average Bonchev–Trinajstić information content (AvgIpc) is 1.89. The molecule has 0 aromatic carbocycles. The third-order valence-corrected chi connectivity index (χ3v) is 1.31. The van der Waals surface area contributed by atoms with E-state index in [2.05, 4.69) is 18.5 Å². The molecule has 0 spiro atoms. The van der Waals surface area contributed by atoms with Gasteiger partial charge in [-0.25, -0.2) is 0 Å². The van der Waals surface area contributed by atoms with Crippen molar-refractivity contribution in [2.24, 2.45) is 4.99 Å². The molecule has 0 atom stereocenters. The molecule has 0 heterocycles. The fourth-order valence-corrected chi connectivity index (χ4v) is 0.668. The summed E-state index contributed by atoms with van der Waals surface area (Å²) in [6.45, 7) is 9.85. The van der Waals surface area contributed by atoms with Crippen LogP contribution in [0.2, 0.25) is 0 Å². The van der Waals surface area contributed by atoms with Gasteiger partial charge in [0.2, 0.25) is 0 Å². The van der Waals surface area contributed by atoms with Crippen molar-refractivity contribution >= 4 is 6.21 Å². The van der Waals surface area contributed by atoms with Gasteiger partial charge in [0, 0.05) is 12.4 Å². The molecule has 0 unspecified atom stereocenters. The molecule has 0 fully saturated rings. The SMILES string of the molecule is C=C(C)/C(=C\N=CC)CC. The van der Waals surface area contributed by atoms with E-state index >= 15 is 0 Å². The monoisotopic (exact) mass is 137 g/mol. The van der Waals surface area contributed by atoms with Crippen molar-refractivity contribution < 1.29 is 0 Å². The Morgan fingerprint density at radius 3 is 2.50 bits per heavy atom. The van der Waals surface area contributed by atoms with Crippen molar-refractivity contribution in [2.45, 2.75) is 27.2 Å². The molecule has 10 heavy (non-hydrogen) atoms. The van der Waals surface area contributed by atoms with Gasteiger partial charge in [-0.2, -0.15) is 0 Å². The van der Waals surface area contributed by atoms with E-state index in [1.165, 1.54) is 5.57 Å². The van der Waals surface area contributed by atoms with E-state index in [1.807, 2.05) is 20.0 Å². The molecule has 0 amide bonds. The molecule has 0 aromatic heterocycles. The van der Waals surface area contributed by atoms with Crippen molar-refractivity contribution in [1.29, 1.82) is 0 Å². The highest BCUT2D eigenvalue weighted by Crippen LogP contribution is 2.09. The summed E-state index contributed by atoms with van der Waals surface area (Å²) < 4.78 is 0. The largest absolute Gasteiger partial charge is 0.269 e. The van der Waals surface area contributed by atoms with Crippen molar-refractivity contribution in [3.05, 3.63) is 23.9 Å². The Bertz CT molecular complexity index is 164. The maximum atomic E-state index is 4.02. The zero-order chi connectivity index (χ0) is 7.98. The summed E-state index contributed by atoms with van der Waals surface area (Å²) in [6, 6.07) is 0. The lowest BCUT2D eigenvalue weighted by Gasteiger charge is -1.98. The van der Waals surface area contributed by atoms with Crippen LogP contribution >= 0.6 is 0 Å². The van der Waals surface area contributed by atoms with Gasteiger partial charge in [0.05, 0.1) is 0 Å². The van der Waals surface area contributed by atoms with Crippen molar-refractivity contribution in [3.63, 3.8) is 0 Å². The summed E-state index contributed by atoms with van der Waals surface area (Å²) in [5.41, 5.74) is 2.33. The maximum absolute atomic E-state index is 4.02. The first-order valence-corrected chi connectivity index (χ1v) is 3.55. The highest BCUT2D eigenvalue weighted by molar-refractivity contribution is 5.54. The molecule has 1 heteroatoms. The molecule has 0 N–H and O–H groups in total.